The number of hydrogen-bond donors (Lipinski definition) is 2. The number of carboxylic acids is 1. The van der Waals surface area contributed by atoms with Crippen molar-refractivity contribution in [3.63, 3.8) is 0 Å². The van der Waals surface area contributed by atoms with E-state index in [1.54, 1.807) is 0 Å². The van der Waals surface area contributed by atoms with Gasteiger partial charge in [0, 0.05) is 6.42 Å². The fourth-order valence-corrected chi connectivity index (χ4v) is 2.38. The molecule has 1 atom stereocenters. The highest BCUT2D eigenvalue weighted by Crippen LogP contribution is 2.10. The van der Waals surface area contributed by atoms with Crippen LogP contribution in [0.25, 0.3) is 0 Å². The summed E-state index contributed by atoms with van der Waals surface area (Å²) >= 11 is 0. The van der Waals surface area contributed by atoms with Gasteiger partial charge in [0.25, 0.3) is 0 Å². The highest BCUT2D eigenvalue weighted by Gasteiger charge is 1.98. The third kappa shape index (κ3) is 17.1. The summed E-state index contributed by atoms with van der Waals surface area (Å²) in [5, 5.41) is 18.3. The Morgan fingerprint density at radius 3 is 2.24 bits per heavy atom. The van der Waals surface area contributed by atoms with Crippen LogP contribution in [0.5, 0.6) is 0 Å². The molecule has 124 valence electrons. The summed E-state index contributed by atoms with van der Waals surface area (Å²) < 4.78 is 0. The Kier molecular flexibility index (Phi) is 14.9. The van der Waals surface area contributed by atoms with Gasteiger partial charge in [0.15, 0.2) is 0 Å². The van der Waals surface area contributed by atoms with Crippen molar-refractivity contribution in [1.29, 1.82) is 0 Å². The first kappa shape index (κ1) is 20.2. The topological polar surface area (TPSA) is 57.5 Å². The van der Waals surface area contributed by atoms with Crippen LogP contribution in [-0.2, 0) is 4.79 Å². The molecule has 21 heavy (non-hydrogen) atoms. The van der Waals surface area contributed by atoms with Crippen molar-refractivity contribution in [2.45, 2.75) is 96.5 Å². The molecule has 0 aromatic carbocycles. The van der Waals surface area contributed by atoms with Crippen LogP contribution in [0.2, 0.25) is 0 Å². The molecule has 0 amide bonds. The van der Waals surface area contributed by atoms with Crippen molar-refractivity contribution in [1.82, 2.24) is 0 Å². The predicted molar refractivity (Wildman–Crippen MR) is 88.5 cm³/mol. The van der Waals surface area contributed by atoms with Gasteiger partial charge in [0.1, 0.15) is 0 Å². The molecule has 2 N–H and O–H groups in total. The van der Waals surface area contributed by atoms with E-state index in [4.69, 9.17) is 5.11 Å². The summed E-state index contributed by atoms with van der Waals surface area (Å²) in [6, 6.07) is 0. The van der Waals surface area contributed by atoms with Crippen LogP contribution in [0, 0.1) is 0 Å². The van der Waals surface area contributed by atoms with Crippen molar-refractivity contribution in [3.05, 3.63) is 12.2 Å². The number of rotatable bonds is 15. The Bertz CT molecular complexity index is 261. The number of aliphatic hydroxyl groups is 1. The monoisotopic (exact) mass is 298 g/mol. The first-order valence-electron chi connectivity index (χ1n) is 8.73. The van der Waals surface area contributed by atoms with Crippen LogP contribution in [0.1, 0.15) is 90.4 Å². The summed E-state index contributed by atoms with van der Waals surface area (Å²) in [6.07, 6.45) is 17.4. The minimum absolute atomic E-state index is 0.266. The molecule has 0 saturated carbocycles. The Labute approximate surface area is 130 Å². The maximum absolute atomic E-state index is 10.3. The molecule has 0 saturated heterocycles. The van der Waals surface area contributed by atoms with Crippen LogP contribution < -0.4 is 0 Å². The van der Waals surface area contributed by atoms with E-state index in [0.29, 0.717) is 6.42 Å². The zero-order valence-electron chi connectivity index (χ0n) is 13.7. The maximum Gasteiger partial charge on any atom is 0.303 e. The molecule has 0 aromatic heterocycles. The second-order valence-electron chi connectivity index (χ2n) is 5.90. The first-order valence-corrected chi connectivity index (χ1v) is 8.73. The number of unbranched alkanes of at least 4 members (excludes halogenated alkanes) is 9. The summed E-state index contributed by atoms with van der Waals surface area (Å²) in [7, 11) is 0. The molecular weight excluding hydrogens is 264 g/mol. The Balaban J connectivity index is 3.25. The van der Waals surface area contributed by atoms with E-state index in [0.717, 1.165) is 44.9 Å². The standard InChI is InChI=1S/C18H34O3/c1-2-3-4-11-14-17(19)15-12-9-7-5-6-8-10-13-16-18(20)21/h12,15,17,19H,2-11,13-14,16H2,1H3,(H,20,21)/b15-12+/t17-/m1/s1. The lowest BCUT2D eigenvalue weighted by Gasteiger charge is -2.04. The lowest BCUT2D eigenvalue weighted by Crippen LogP contribution is -2.01. The summed E-state index contributed by atoms with van der Waals surface area (Å²) in [5.74, 6) is -0.687. The molecule has 0 aromatic rings. The summed E-state index contributed by atoms with van der Waals surface area (Å²) in [5.41, 5.74) is 0. The highest BCUT2D eigenvalue weighted by molar-refractivity contribution is 5.66. The van der Waals surface area contributed by atoms with Gasteiger partial charge in [-0.2, -0.15) is 0 Å². The van der Waals surface area contributed by atoms with Crippen LogP contribution in [-0.4, -0.2) is 22.3 Å². The van der Waals surface area contributed by atoms with E-state index in [-0.39, 0.29) is 6.10 Å². The second-order valence-corrected chi connectivity index (χ2v) is 5.90. The van der Waals surface area contributed by atoms with Gasteiger partial charge in [0.2, 0.25) is 0 Å². The van der Waals surface area contributed by atoms with Gasteiger partial charge in [-0.25, -0.2) is 0 Å². The SMILES string of the molecule is CCCCCC[C@@H](O)/C=C/CCCCCCCCC(=O)O. The van der Waals surface area contributed by atoms with Crippen LogP contribution in [0.3, 0.4) is 0 Å². The molecule has 0 fully saturated rings. The molecule has 0 aliphatic heterocycles. The number of hydrogen-bond acceptors (Lipinski definition) is 2. The van der Waals surface area contributed by atoms with Gasteiger partial charge >= 0.3 is 5.97 Å². The number of carboxylic acid groups (broad SMARTS) is 1. The number of carbonyl (C=O) groups is 1. The minimum Gasteiger partial charge on any atom is -0.481 e. The van der Waals surface area contributed by atoms with E-state index in [2.05, 4.69) is 13.0 Å². The van der Waals surface area contributed by atoms with Gasteiger partial charge < -0.3 is 10.2 Å². The Hall–Kier alpha value is -0.830. The predicted octanol–water partition coefficient (Wildman–Crippen LogP) is 5.08. The average Bonchev–Trinajstić information content (AvgIpc) is 2.45. The van der Waals surface area contributed by atoms with E-state index in [1.807, 2.05) is 6.08 Å². The third-order valence-electron chi connectivity index (χ3n) is 3.72. The van der Waals surface area contributed by atoms with Crippen molar-refractivity contribution < 1.29 is 15.0 Å². The second kappa shape index (κ2) is 15.6. The molecule has 0 heterocycles. The maximum atomic E-state index is 10.3. The van der Waals surface area contributed by atoms with E-state index < -0.39 is 5.97 Å². The third-order valence-corrected chi connectivity index (χ3v) is 3.72. The van der Waals surface area contributed by atoms with E-state index in [9.17, 15) is 9.90 Å². The fraction of sp³-hybridized carbons (Fsp3) is 0.833. The lowest BCUT2D eigenvalue weighted by molar-refractivity contribution is -0.137. The highest BCUT2D eigenvalue weighted by atomic mass is 16.4. The quantitative estimate of drug-likeness (QED) is 0.327. The molecule has 3 nitrogen and oxygen atoms in total. The van der Waals surface area contributed by atoms with Gasteiger partial charge in [-0.1, -0.05) is 70.4 Å². The molecule has 0 aliphatic carbocycles. The van der Waals surface area contributed by atoms with E-state index in [1.165, 1.54) is 32.1 Å². The largest absolute Gasteiger partial charge is 0.481 e. The van der Waals surface area contributed by atoms with Crippen LogP contribution in [0.15, 0.2) is 12.2 Å². The zero-order chi connectivity index (χ0) is 15.8. The number of aliphatic carboxylic acids is 1. The van der Waals surface area contributed by atoms with E-state index >= 15 is 0 Å². The lowest BCUT2D eigenvalue weighted by atomic mass is 10.1. The van der Waals surface area contributed by atoms with Crippen molar-refractivity contribution in [2.24, 2.45) is 0 Å². The first-order chi connectivity index (χ1) is 10.2. The summed E-state index contributed by atoms with van der Waals surface area (Å²) in [4.78, 5) is 10.3. The molecular formula is C18H34O3. The zero-order valence-corrected chi connectivity index (χ0v) is 13.7. The molecule has 0 bridgehead atoms. The molecule has 0 radical (unpaired) electrons. The molecule has 0 aliphatic rings. The molecule has 3 heteroatoms. The smallest absolute Gasteiger partial charge is 0.303 e. The summed E-state index contributed by atoms with van der Waals surface area (Å²) in [6.45, 7) is 2.20. The van der Waals surface area contributed by atoms with Gasteiger partial charge in [-0.15, -0.1) is 0 Å². The Morgan fingerprint density at radius 2 is 1.57 bits per heavy atom. The van der Waals surface area contributed by atoms with Crippen molar-refractivity contribution >= 4 is 5.97 Å². The molecule has 0 spiro atoms. The van der Waals surface area contributed by atoms with Gasteiger partial charge in [0.05, 0.1) is 6.10 Å². The Morgan fingerprint density at radius 1 is 0.952 bits per heavy atom. The van der Waals surface area contributed by atoms with Gasteiger partial charge in [-0.3, -0.25) is 4.79 Å². The van der Waals surface area contributed by atoms with Crippen LogP contribution in [0.4, 0.5) is 0 Å². The number of allylic oxidation sites excluding steroid dienone is 1. The molecule has 0 unspecified atom stereocenters. The normalized spacial score (nSPS) is 12.9. The van der Waals surface area contributed by atoms with Crippen molar-refractivity contribution in [2.75, 3.05) is 0 Å². The fourth-order valence-electron chi connectivity index (χ4n) is 2.38. The molecule has 0 rings (SSSR count). The van der Waals surface area contributed by atoms with Crippen LogP contribution >= 0.6 is 0 Å². The van der Waals surface area contributed by atoms with Crippen molar-refractivity contribution in [3.8, 4) is 0 Å². The average molecular weight is 298 g/mol. The van der Waals surface area contributed by atoms with Gasteiger partial charge in [-0.05, 0) is 25.7 Å². The number of aliphatic hydroxyl groups excluding tert-OH is 1. The minimum atomic E-state index is -0.687.